The second-order valence-electron chi connectivity index (χ2n) is 17.4. The summed E-state index contributed by atoms with van der Waals surface area (Å²) in [5.74, 6) is -2.81. The van der Waals surface area contributed by atoms with Gasteiger partial charge in [0, 0.05) is 13.1 Å². The van der Waals surface area contributed by atoms with Gasteiger partial charge in [-0.2, -0.15) is 0 Å². The first kappa shape index (κ1) is 42.7. The molecule has 5 amide bonds. The second-order valence-corrected chi connectivity index (χ2v) is 20.1. The van der Waals surface area contributed by atoms with Gasteiger partial charge in [0.25, 0.3) is 5.91 Å². The predicted molar refractivity (Wildman–Crippen MR) is 200 cm³/mol. The lowest BCUT2D eigenvalue weighted by atomic mass is 9.75. The zero-order valence-electron chi connectivity index (χ0n) is 32.6. The molecule has 292 valence electrons. The molecule has 1 heterocycles. The fourth-order valence-electron chi connectivity index (χ4n) is 8.13. The van der Waals surface area contributed by atoms with Crippen molar-refractivity contribution < 1.29 is 32.4 Å². The first-order valence-electron chi connectivity index (χ1n) is 19.5. The van der Waals surface area contributed by atoms with Crippen molar-refractivity contribution in [2.75, 3.05) is 18.8 Å². The van der Waals surface area contributed by atoms with Crippen LogP contribution in [0.1, 0.15) is 145 Å². The summed E-state index contributed by atoms with van der Waals surface area (Å²) in [5, 5.41) is 11.5. The molecule has 4 N–H and O–H groups in total. The van der Waals surface area contributed by atoms with E-state index in [2.05, 4.69) is 21.3 Å². The number of urea groups is 1. The standard InChI is InChI=1S/C38H67N5O7S/c1-9-17-28(31(44)33(46)39-23-10-2)40-32(45)30-27(36(3,4)5)20-24-43(30)34(47)29(26-18-13-11-14-19-26)41-35(48)42-38(21-15-12-16-22-38)25-51(49,50)37(6,7)8/h26-30H,9-25H2,1-8H3,(H,39,46)(H,40,45)(H2,41,42,48)/t27?,28?,29-,30?/m0/s1. The molecule has 1 aliphatic heterocycles. The minimum absolute atomic E-state index is 0.147. The maximum Gasteiger partial charge on any atom is 0.315 e. The van der Waals surface area contributed by atoms with E-state index in [1.807, 2.05) is 34.6 Å². The average molecular weight is 738 g/mol. The van der Waals surface area contributed by atoms with Crippen LogP contribution in [-0.2, 0) is 29.0 Å². The van der Waals surface area contributed by atoms with Crippen LogP contribution in [0.2, 0.25) is 0 Å². The summed E-state index contributed by atoms with van der Waals surface area (Å²) in [4.78, 5) is 70.3. The van der Waals surface area contributed by atoms with Crippen molar-refractivity contribution in [3.63, 3.8) is 0 Å². The fourth-order valence-corrected chi connectivity index (χ4v) is 9.65. The Morgan fingerprint density at radius 2 is 1.43 bits per heavy atom. The highest BCUT2D eigenvalue weighted by atomic mass is 32.2. The lowest BCUT2D eigenvalue weighted by Crippen LogP contribution is -2.63. The highest BCUT2D eigenvalue weighted by Gasteiger charge is 2.50. The van der Waals surface area contributed by atoms with Gasteiger partial charge in [-0.25, -0.2) is 13.2 Å². The molecule has 13 heteroatoms. The number of rotatable bonds is 14. The Balaban J connectivity index is 1.92. The summed E-state index contributed by atoms with van der Waals surface area (Å²) in [6.07, 6.45) is 10.1. The molecule has 4 atom stereocenters. The van der Waals surface area contributed by atoms with Gasteiger partial charge in [-0.05, 0) is 83.0 Å². The zero-order chi connectivity index (χ0) is 38.2. The molecule has 0 bridgehead atoms. The summed E-state index contributed by atoms with van der Waals surface area (Å²) >= 11 is 0. The SMILES string of the molecule is CCCNC(=O)C(=O)C(CCC)NC(=O)C1C(C(C)(C)C)CCN1C(=O)[C@@H](NC(=O)NC1(CS(=O)(=O)C(C)(C)C)CCCCC1)C1CCCCC1. The number of ketones is 1. The largest absolute Gasteiger partial charge is 0.349 e. The van der Waals surface area contributed by atoms with E-state index in [0.717, 1.165) is 51.4 Å². The minimum atomic E-state index is -3.56. The predicted octanol–water partition coefficient (Wildman–Crippen LogP) is 4.79. The van der Waals surface area contributed by atoms with E-state index in [1.165, 1.54) is 0 Å². The number of carbonyl (C=O) groups is 5. The van der Waals surface area contributed by atoms with Crippen LogP contribution < -0.4 is 21.3 Å². The van der Waals surface area contributed by atoms with E-state index in [9.17, 15) is 32.4 Å². The Morgan fingerprint density at radius 1 is 0.824 bits per heavy atom. The number of amides is 5. The Kier molecular flexibility index (Phi) is 15.0. The van der Waals surface area contributed by atoms with Crippen LogP contribution in [-0.4, -0.2) is 90.1 Å². The topological polar surface area (TPSA) is 171 Å². The van der Waals surface area contributed by atoms with Gasteiger partial charge in [0.1, 0.15) is 12.1 Å². The number of Topliss-reactive ketones (excluding diaryl/α,β-unsaturated/α-hetero) is 1. The number of carbonyl (C=O) groups excluding carboxylic acids is 5. The van der Waals surface area contributed by atoms with Gasteiger partial charge in [0.05, 0.1) is 22.1 Å². The van der Waals surface area contributed by atoms with Crippen molar-refractivity contribution in [1.82, 2.24) is 26.2 Å². The smallest absolute Gasteiger partial charge is 0.315 e. The molecular formula is C38H67N5O7S. The van der Waals surface area contributed by atoms with Gasteiger partial charge in [-0.1, -0.05) is 79.6 Å². The number of likely N-dealkylation sites (tertiary alicyclic amines) is 1. The third kappa shape index (κ3) is 11.2. The van der Waals surface area contributed by atoms with Crippen molar-refractivity contribution in [1.29, 1.82) is 0 Å². The van der Waals surface area contributed by atoms with E-state index < -0.39 is 61.9 Å². The monoisotopic (exact) mass is 737 g/mol. The molecule has 3 rings (SSSR count). The second kappa shape index (κ2) is 17.9. The molecular weight excluding hydrogens is 671 g/mol. The molecule has 51 heavy (non-hydrogen) atoms. The molecule has 3 unspecified atom stereocenters. The number of hydrogen-bond donors (Lipinski definition) is 4. The highest BCUT2D eigenvalue weighted by Crippen LogP contribution is 2.40. The van der Waals surface area contributed by atoms with Crippen LogP contribution in [0.4, 0.5) is 4.79 Å². The van der Waals surface area contributed by atoms with Gasteiger partial charge in [-0.3, -0.25) is 19.2 Å². The molecule has 0 aromatic rings. The Hall–Kier alpha value is -2.70. The fraction of sp³-hybridized carbons (Fsp3) is 0.868. The Morgan fingerprint density at radius 3 is 1.98 bits per heavy atom. The molecule has 1 saturated heterocycles. The Labute approximate surface area is 307 Å². The number of nitrogens with one attached hydrogen (secondary N) is 4. The van der Waals surface area contributed by atoms with Gasteiger partial charge >= 0.3 is 6.03 Å². The highest BCUT2D eigenvalue weighted by molar-refractivity contribution is 7.92. The normalized spacial score (nSPS) is 22.8. The number of nitrogens with zero attached hydrogens (tertiary/aromatic N) is 1. The van der Waals surface area contributed by atoms with Crippen molar-refractivity contribution >= 4 is 39.4 Å². The summed E-state index contributed by atoms with van der Waals surface area (Å²) < 4.78 is 25.8. The quantitative estimate of drug-likeness (QED) is 0.186. The zero-order valence-corrected chi connectivity index (χ0v) is 33.4. The molecule has 0 aromatic carbocycles. The van der Waals surface area contributed by atoms with Gasteiger partial charge in [0.15, 0.2) is 9.84 Å². The summed E-state index contributed by atoms with van der Waals surface area (Å²) in [7, 11) is -3.56. The lowest BCUT2D eigenvalue weighted by Gasteiger charge is -2.41. The Bertz CT molecular complexity index is 1340. The third-order valence-corrected chi connectivity index (χ3v) is 14.1. The minimum Gasteiger partial charge on any atom is -0.349 e. The van der Waals surface area contributed by atoms with Crippen molar-refractivity contribution in [2.24, 2.45) is 17.3 Å². The third-order valence-electron chi connectivity index (χ3n) is 11.3. The van der Waals surface area contributed by atoms with Crippen LogP contribution in [0.5, 0.6) is 0 Å². The van der Waals surface area contributed by atoms with Crippen molar-refractivity contribution in [2.45, 2.75) is 174 Å². The average Bonchev–Trinajstić information content (AvgIpc) is 3.52. The van der Waals surface area contributed by atoms with Crippen LogP contribution in [0.25, 0.3) is 0 Å². The van der Waals surface area contributed by atoms with Gasteiger partial charge < -0.3 is 26.2 Å². The first-order chi connectivity index (χ1) is 23.8. The summed E-state index contributed by atoms with van der Waals surface area (Å²) in [5.41, 5.74) is -1.30. The molecule has 2 saturated carbocycles. The van der Waals surface area contributed by atoms with E-state index in [0.29, 0.717) is 45.2 Å². The van der Waals surface area contributed by atoms with Crippen molar-refractivity contribution in [3.05, 3.63) is 0 Å². The molecule has 3 aliphatic rings. The maximum absolute atomic E-state index is 14.7. The van der Waals surface area contributed by atoms with Gasteiger partial charge in [-0.15, -0.1) is 0 Å². The summed E-state index contributed by atoms with van der Waals surface area (Å²) in [6, 6.07) is -3.40. The first-order valence-corrected chi connectivity index (χ1v) is 21.2. The van der Waals surface area contributed by atoms with E-state index >= 15 is 0 Å². The van der Waals surface area contributed by atoms with E-state index in [-0.39, 0.29) is 35.3 Å². The van der Waals surface area contributed by atoms with Crippen molar-refractivity contribution in [3.8, 4) is 0 Å². The molecule has 2 aliphatic carbocycles. The van der Waals surface area contributed by atoms with E-state index in [1.54, 1.807) is 25.7 Å². The maximum atomic E-state index is 14.7. The number of sulfone groups is 1. The molecule has 3 fully saturated rings. The van der Waals surface area contributed by atoms with Crippen LogP contribution in [0.15, 0.2) is 0 Å². The van der Waals surface area contributed by atoms with Crippen LogP contribution >= 0.6 is 0 Å². The van der Waals surface area contributed by atoms with Crippen LogP contribution in [0, 0.1) is 17.3 Å². The molecule has 0 spiro atoms. The summed E-state index contributed by atoms with van der Waals surface area (Å²) in [6.45, 7) is 15.5. The molecule has 12 nitrogen and oxygen atoms in total. The molecule has 0 aromatic heterocycles. The lowest BCUT2D eigenvalue weighted by molar-refractivity contribution is -0.144. The van der Waals surface area contributed by atoms with Gasteiger partial charge in [0.2, 0.25) is 17.6 Å². The molecule has 0 radical (unpaired) electrons. The van der Waals surface area contributed by atoms with E-state index in [4.69, 9.17) is 0 Å². The van der Waals surface area contributed by atoms with Crippen LogP contribution in [0.3, 0.4) is 0 Å². The number of hydrogen-bond acceptors (Lipinski definition) is 7.